The lowest BCUT2D eigenvalue weighted by atomic mass is 10.0. The van der Waals surface area contributed by atoms with Crippen LogP contribution in [-0.2, 0) is 17.6 Å². The van der Waals surface area contributed by atoms with Gasteiger partial charge in [-0.2, -0.15) is 0 Å². The van der Waals surface area contributed by atoms with E-state index in [0.717, 1.165) is 73.1 Å². The van der Waals surface area contributed by atoms with E-state index < -0.39 is 0 Å². The first kappa shape index (κ1) is 19.2. The Morgan fingerprint density at radius 3 is 3.00 bits per heavy atom. The predicted molar refractivity (Wildman–Crippen MR) is 118 cm³/mol. The summed E-state index contributed by atoms with van der Waals surface area (Å²) in [6.07, 6.45) is 7.43. The molecule has 5 rings (SSSR count). The SMILES string of the molecule is O=C(Cc1ccc2c(n1)NCCC2)N1CCCCC1c1nc(-c2ccccn2)cs1. The Labute approximate surface area is 180 Å². The predicted octanol–water partition coefficient (Wildman–Crippen LogP) is 4.25. The molecule has 3 aromatic heterocycles. The summed E-state index contributed by atoms with van der Waals surface area (Å²) in [5.41, 5.74) is 3.85. The van der Waals surface area contributed by atoms with Crippen molar-refractivity contribution in [3.63, 3.8) is 0 Å². The third-order valence-electron chi connectivity index (χ3n) is 5.84. The van der Waals surface area contributed by atoms with Crippen molar-refractivity contribution in [3.8, 4) is 11.4 Å². The first-order valence-corrected chi connectivity index (χ1v) is 11.5. The van der Waals surface area contributed by atoms with E-state index in [0.29, 0.717) is 6.42 Å². The van der Waals surface area contributed by atoms with Crippen molar-refractivity contribution in [1.82, 2.24) is 19.9 Å². The smallest absolute Gasteiger partial charge is 0.229 e. The third-order valence-corrected chi connectivity index (χ3v) is 6.79. The second-order valence-electron chi connectivity index (χ2n) is 7.90. The summed E-state index contributed by atoms with van der Waals surface area (Å²) < 4.78 is 0. The summed E-state index contributed by atoms with van der Waals surface area (Å²) in [7, 11) is 0. The molecule has 0 aromatic carbocycles. The van der Waals surface area contributed by atoms with Crippen LogP contribution in [0, 0.1) is 0 Å². The van der Waals surface area contributed by atoms with Crippen LogP contribution in [0.1, 0.15) is 48.0 Å². The van der Waals surface area contributed by atoms with E-state index >= 15 is 0 Å². The number of aryl methyl sites for hydroxylation is 1. The number of carbonyl (C=O) groups is 1. The number of pyridine rings is 2. The van der Waals surface area contributed by atoms with Crippen LogP contribution < -0.4 is 5.32 Å². The van der Waals surface area contributed by atoms with E-state index in [-0.39, 0.29) is 11.9 Å². The third kappa shape index (κ3) is 3.94. The molecule has 0 radical (unpaired) electrons. The topological polar surface area (TPSA) is 71.0 Å². The summed E-state index contributed by atoms with van der Waals surface area (Å²) in [4.78, 5) is 29.2. The van der Waals surface area contributed by atoms with E-state index in [9.17, 15) is 4.79 Å². The number of likely N-dealkylation sites (tertiary alicyclic amines) is 1. The number of amides is 1. The van der Waals surface area contributed by atoms with Crippen molar-refractivity contribution < 1.29 is 4.79 Å². The molecular weight excluding hydrogens is 394 g/mol. The fraction of sp³-hybridized carbons (Fsp3) is 0.391. The second kappa shape index (κ2) is 8.52. The summed E-state index contributed by atoms with van der Waals surface area (Å²) in [5.74, 6) is 1.08. The molecular formula is C23H25N5OS. The van der Waals surface area contributed by atoms with Crippen molar-refractivity contribution in [2.75, 3.05) is 18.4 Å². The highest BCUT2D eigenvalue weighted by molar-refractivity contribution is 7.10. The number of hydrogen-bond acceptors (Lipinski definition) is 6. The largest absolute Gasteiger partial charge is 0.370 e. The van der Waals surface area contributed by atoms with Crippen LogP contribution >= 0.6 is 11.3 Å². The van der Waals surface area contributed by atoms with Crippen molar-refractivity contribution in [2.24, 2.45) is 0 Å². The van der Waals surface area contributed by atoms with Crippen LogP contribution in [0.4, 0.5) is 5.82 Å². The van der Waals surface area contributed by atoms with Crippen LogP contribution in [0.3, 0.4) is 0 Å². The maximum Gasteiger partial charge on any atom is 0.229 e. The molecule has 154 valence electrons. The zero-order chi connectivity index (χ0) is 20.3. The van der Waals surface area contributed by atoms with E-state index in [1.54, 1.807) is 17.5 Å². The van der Waals surface area contributed by atoms with Gasteiger partial charge in [0.2, 0.25) is 5.91 Å². The molecule has 1 N–H and O–H groups in total. The highest BCUT2D eigenvalue weighted by Crippen LogP contribution is 2.35. The number of nitrogens with zero attached hydrogens (tertiary/aromatic N) is 4. The number of carbonyl (C=O) groups excluding carboxylic acids is 1. The van der Waals surface area contributed by atoms with Gasteiger partial charge in [-0.3, -0.25) is 9.78 Å². The molecule has 7 heteroatoms. The molecule has 0 aliphatic carbocycles. The minimum absolute atomic E-state index is 0.0458. The minimum atomic E-state index is 0.0458. The summed E-state index contributed by atoms with van der Waals surface area (Å²) in [6, 6.07) is 10.0. The molecule has 1 saturated heterocycles. The van der Waals surface area contributed by atoms with Gasteiger partial charge in [0.05, 0.1) is 29.5 Å². The molecule has 1 fully saturated rings. The van der Waals surface area contributed by atoms with Gasteiger partial charge in [0, 0.05) is 24.7 Å². The van der Waals surface area contributed by atoms with Crippen molar-refractivity contribution in [1.29, 1.82) is 0 Å². The number of thiazole rings is 1. The van der Waals surface area contributed by atoms with Gasteiger partial charge < -0.3 is 10.2 Å². The maximum absolute atomic E-state index is 13.2. The Balaban J connectivity index is 1.34. The number of rotatable bonds is 4. The zero-order valence-electron chi connectivity index (χ0n) is 16.9. The molecule has 0 saturated carbocycles. The summed E-state index contributed by atoms with van der Waals surface area (Å²) in [5, 5.41) is 6.41. The number of nitrogens with one attached hydrogen (secondary N) is 1. The van der Waals surface area contributed by atoms with Gasteiger partial charge in [-0.05, 0) is 55.9 Å². The van der Waals surface area contributed by atoms with Gasteiger partial charge in [-0.15, -0.1) is 11.3 Å². The molecule has 2 aliphatic heterocycles. The van der Waals surface area contributed by atoms with Gasteiger partial charge >= 0.3 is 0 Å². The van der Waals surface area contributed by atoms with E-state index in [2.05, 4.69) is 16.4 Å². The Morgan fingerprint density at radius 2 is 2.10 bits per heavy atom. The van der Waals surface area contributed by atoms with Gasteiger partial charge in [-0.25, -0.2) is 9.97 Å². The number of anilines is 1. The standard InChI is InChI=1S/C23H25N5OS/c29-21(14-17-10-9-16-6-5-12-25-22(16)26-17)28-13-4-2-8-20(28)23-27-19(15-30-23)18-7-1-3-11-24-18/h1,3,7,9-11,15,20H,2,4-6,8,12-14H2,(H,25,26). The van der Waals surface area contributed by atoms with Crippen molar-refractivity contribution in [3.05, 3.63) is 58.2 Å². The molecule has 3 aromatic rings. The number of piperidine rings is 1. The molecule has 1 unspecified atom stereocenters. The molecule has 1 amide bonds. The van der Waals surface area contributed by atoms with Gasteiger partial charge in [-0.1, -0.05) is 12.1 Å². The molecule has 5 heterocycles. The number of hydrogen-bond donors (Lipinski definition) is 1. The number of aromatic nitrogens is 3. The molecule has 2 aliphatic rings. The first-order chi connectivity index (χ1) is 14.8. The molecule has 0 spiro atoms. The van der Waals surface area contributed by atoms with Crippen LogP contribution in [0.2, 0.25) is 0 Å². The maximum atomic E-state index is 13.2. The Hall–Kier alpha value is -2.80. The Morgan fingerprint density at radius 1 is 1.13 bits per heavy atom. The highest BCUT2D eigenvalue weighted by Gasteiger charge is 2.30. The molecule has 30 heavy (non-hydrogen) atoms. The molecule has 0 bridgehead atoms. The van der Waals surface area contributed by atoms with Crippen LogP contribution in [0.5, 0.6) is 0 Å². The second-order valence-corrected chi connectivity index (χ2v) is 8.79. The lowest BCUT2D eigenvalue weighted by Gasteiger charge is -2.34. The summed E-state index contributed by atoms with van der Waals surface area (Å²) in [6.45, 7) is 1.74. The normalized spacial score (nSPS) is 18.5. The highest BCUT2D eigenvalue weighted by atomic mass is 32.1. The number of fused-ring (bicyclic) bond motifs is 1. The van der Waals surface area contributed by atoms with Crippen LogP contribution in [0.25, 0.3) is 11.4 Å². The average molecular weight is 420 g/mol. The zero-order valence-corrected chi connectivity index (χ0v) is 17.7. The van der Waals surface area contributed by atoms with E-state index in [4.69, 9.17) is 9.97 Å². The average Bonchev–Trinajstić information content (AvgIpc) is 3.30. The monoisotopic (exact) mass is 419 g/mol. The van der Waals surface area contributed by atoms with Gasteiger partial charge in [0.15, 0.2) is 0 Å². The van der Waals surface area contributed by atoms with Crippen molar-refractivity contribution >= 4 is 23.1 Å². The fourth-order valence-electron chi connectivity index (χ4n) is 4.28. The molecule has 6 nitrogen and oxygen atoms in total. The van der Waals surface area contributed by atoms with Crippen molar-refractivity contribution in [2.45, 2.75) is 44.6 Å². The lowest BCUT2D eigenvalue weighted by molar-refractivity contribution is -0.134. The summed E-state index contributed by atoms with van der Waals surface area (Å²) >= 11 is 1.63. The fourth-order valence-corrected chi connectivity index (χ4v) is 5.24. The Kier molecular flexibility index (Phi) is 5.45. The lowest BCUT2D eigenvalue weighted by Crippen LogP contribution is -2.39. The molecule has 1 atom stereocenters. The first-order valence-electron chi connectivity index (χ1n) is 10.7. The Bertz CT molecular complexity index is 1040. The van der Waals surface area contributed by atoms with Crippen LogP contribution in [0.15, 0.2) is 41.9 Å². The van der Waals surface area contributed by atoms with E-state index in [1.807, 2.05) is 34.5 Å². The minimum Gasteiger partial charge on any atom is -0.370 e. The van der Waals surface area contributed by atoms with Gasteiger partial charge in [0.1, 0.15) is 10.8 Å². The van der Waals surface area contributed by atoms with E-state index in [1.165, 1.54) is 5.56 Å². The van der Waals surface area contributed by atoms with Gasteiger partial charge in [0.25, 0.3) is 0 Å². The quantitative estimate of drug-likeness (QED) is 0.684. The van der Waals surface area contributed by atoms with Crippen LogP contribution in [-0.4, -0.2) is 38.8 Å².